The van der Waals surface area contributed by atoms with Gasteiger partial charge in [0.1, 0.15) is 11.4 Å². The average molecular weight is 368 g/mol. The Kier molecular flexibility index (Phi) is 4.70. The number of fused-ring (bicyclic) bond motifs is 1. The van der Waals surface area contributed by atoms with E-state index >= 15 is 4.39 Å². The molecule has 0 aliphatic rings. The zero-order valence-corrected chi connectivity index (χ0v) is 15.6. The van der Waals surface area contributed by atoms with Crippen molar-refractivity contribution in [3.63, 3.8) is 0 Å². The smallest absolute Gasteiger partial charge is 0.412 e. The lowest BCUT2D eigenvalue weighted by molar-refractivity contribution is 0.0635. The van der Waals surface area contributed by atoms with Crippen LogP contribution in [0.2, 0.25) is 0 Å². The van der Waals surface area contributed by atoms with Gasteiger partial charge < -0.3 is 10.5 Å². The molecule has 0 saturated carbocycles. The fraction of sp³-hybridized carbons (Fsp3) is 0.250. The van der Waals surface area contributed by atoms with Crippen LogP contribution in [0, 0.1) is 12.7 Å². The average Bonchev–Trinajstić information content (AvgIpc) is 2.56. The minimum Gasteiger partial charge on any atom is -0.444 e. The predicted octanol–water partition coefficient (Wildman–Crippen LogP) is 4.67. The first-order valence-corrected chi connectivity index (χ1v) is 8.44. The van der Waals surface area contributed by atoms with Crippen molar-refractivity contribution in [2.45, 2.75) is 33.3 Å². The van der Waals surface area contributed by atoms with E-state index in [-0.39, 0.29) is 5.69 Å². The predicted molar refractivity (Wildman–Crippen MR) is 104 cm³/mol. The highest BCUT2D eigenvalue weighted by atomic mass is 19.1. The van der Waals surface area contributed by atoms with Gasteiger partial charge in [-0.25, -0.2) is 14.2 Å². The Balaban J connectivity index is 2.20. The number of carbonyl (C=O) groups excluding carboxylic acids is 1. The van der Waals surface area contributed by atoms with Crippen LogP contribution in [-0.2, 0) is 4.74 Å². The number of benzene rings is 1. The van der Waals surface area contributed by atoms with Crippen LogP contribution in [0.25, 0.3) is 21.9 Å². The van der Waals surface area contributed by atoms with Crippen molar-refractivity contribution in [1.29, 1.82) is 0 Å². The zero-order chi connectivity index (χ0) is 19.8. The van der Waals surface area contributed by atoms with E-state index in [1.807, 2.05) is 6.92 Å². The first-order valence-electron chi connectivity index (χ1n) is 8.44. The summed E-state index contributed by atoms with van der Waals surface area (Å²) >= 11 is 0. The molecule has 0 spiro atoms. The molecule has 0 atom stereocenters. The third-order valence-corrected chi connectivity index (χ3v) is 3.94. The fourth-order valence-electron chi connectivity index (χ4n) is 2.76. The quantitative estimate of drug-likeness (QED) is 0.686. The molecule has 3 aromatic rings. The highest BCUT2D eigenvalue weighted by molar-refractivity contribution is 6.03. The number of hydrogen-bond acceptors (Lipinski definition) is 5. The Hall–Kier alpha value is -3.22. The third-order valence-electron chi connectivity index (χ3n) is 3.94. The van der Waals surface area contributed by atoms with Gasteiger partial charge in [-0.15, -0.1) is 0 Å². The van der Waals surface area contributed by atoms with Gasteiger partial charge in [-0.05, 0) is 56.8 Å². The molecule has 2 aromatic heterocycles. The number of pyridine rings is 2. The van der Waals surface area contributed by atoms with Crippen LogP contribution >= 0.6 is 0 Å². The molecule has 0 bridgehead atoms. The van der Waals surface area contributed by atoms with Crippen LogP contribution in [0.5, 0.6) is 0 Å². The first-order chi connectivity index (χ1) is 12.7. The van der Waals surface area contributed by atoms with Crippen LogP contribution in [0.3, 0.4) is 0 Å². The molecule has 140 valence electrons. The molecule has 0 unspecified atom stereocenters. The molecule has 2 heterocycles. The molecular weight excluding hydrogens is 347 g/mol. The summed E-state index contributed by atoms with van der Waals surface area (Å²) in [5.74, 6) is -0.290. The summed E-state index contributed by atoms with van der Waals surface area (Å²) in [6.07, 6.45) is 3.90. The second-order valence-corrected chi connectivity index (χ2v) is 7.26. The molecule has 0 radical (unpaired) electrons. The number of nitrogens with two attached hydrogens (primary N) is 1. The van der Waals surface area contributed by atoms with E-state index in [9.17, 15) is 4.79 Å². The lowest BCUT2D eigenvalue weighted by Crippen LogP contribution is -2.27. The van der Waals surface area contributed by atoms with Crippen molar-refractivity contribution in [3.05, 3.63) is 48.2 Å². The second-order valence-electron chi connectivity index (χ2n) is 7.26. The molecule has 1 aromatic carbocycles. The van der Waals surface area contributed by atoms with Gasteiger partial charge in [-0.1, -0.05) is 0 Å². The molecule has 0 fully saturated rings. The summed E-state index contributed by atoms with van der Waals surface area (Å²) in [6.45, 7) is 7.07. The third kappa shape index (κ3) is 3.97. The van der Waals surface area contributed by atoms with Crippen LogP contribution in [0.4, 0.5) is 20.7 Å². The number of nitrogens with zero attached hydrogens (tertiary/aromatic N) is 2. The highest BCUT2D eigenvalue weighted by Gasteiger charge is 2.22. The Morgan fingerprint density at radius 3 is 2.63 bits per heavy atom. The number of amides is 1. The van der Waals surface area contributed by atoms with Gasteiger partial charge >= 0.3 is 6.09 Å². The SMILES string of the molecule is Cc1ccncc1-c1cc2cc(N)ncc2c(NC(=O)OC(C)(C)C)c1F. The Bertz CT molecular complexity index is 1030. The molecule has 0 aliphatic heterocycles. The van der Waals surface area contributed by atoms with Gasteiger partial charge in [0.15, 0.2) is 5.82 Å². The number of aryl methyl sites for hydroxylation is 1. The van der Waals surface area contributed by atoms with Crippen molar-refractivity contribution in [1.82, 2.24) is 9.97 Å². The maximum absolute atomic E-state index is 15.4. The van der Waals surface area contributed by atoms with Gasteiger partial charge in [0.2, 0.25) is 0 Å². The second kappa shape index (κ2) is 6.83. The summed E-state index contributed by atoms with van der Waals surface area (Å²) in [6, 6.07) is 5.10. The maximum atomic E-state index is 15.4. The molecule has 0 aliphatic carbocycles. The van der Waals surface area contributed by atoms with Crippen molar-refractivity contribution in [2.75, 3.05) is 11.1 Å². The monoisotopic (exact) mass is 368 g/mol. The summed E-state index contributed by atoms with van der Waals surface area (Å²) in [5.41, 5.74) is 6.86. The van der Waals surface area contributed by atoms with Gasteiger partial charge in [-0.3, -0.25) is 10.3 Å². The van der Waals surface area contributed by atoms with Crippen LogP contribution < -0.4 is 11.1 Å². The van der Waals surface area contributed by atoms with Gasteiger partial charge in [0.25, 0.3) is 0 Å². The van der Waals surface area contributed by atoms with Crippen molar-refractivity contribution in [3.8, 4) is 11.1 Å². The van der Waals surface area contributed by atoms with Crippen molar-refractivity contribution < 1.29 is 13.9 Å². The largest absolute Gasteiger partial charge is 0.444 e. The lowest BCUT2D eigenvalue weighted by Gasteiger charge is -2.21. The van der Waals surface area contributed by atoms with E-state index in [2.05, 4.69) is 15.3 Å². The van der Waals surface area contributed by atoms with E-state index in [0.29, 0.717) is 27.7 Å². The topological polar surface area (TPSA) is 90.1 Å². The van der Waals surface area contributed by atoms with Crippen LogP contribution in [0.1, 0.15) is 26.3 Å². The van der Waals surface area contributed by atoms with Gasteiger partial charge in [0, 0.05) is 35.1 Å². The minimum atomic E-state index is -0.750. The molecular formula is C20H21FN4O2. The highest BCUT2D eigenvalue weighted by Crippen LogP contribution is 2.36. The zero-order valence-electron chi connectivity index (χ0n) is 15.6. The molecule has 0 saturated heterocycles. The Morgan fingerprint density at radius 2 is 1.96 bits per heavy atom. The fourth-order valence-corrected chi connectivity index (χ4v) is 2.76. The normalized spacial score (nSPS) is 11.4. The molecule has 6 nitrogen and oxygen atoms in total. The number of anilines is 2. The number of rotatable bonds is 2. The van der Waals surface area contributed by atoms with Gasteiger partial charge in [0.05, 0.1) is 5.69 Å². The summed E-state index contributed by atoms with van der Waals surface area (Å²) < 4.78 is 20.7. The van der Waals surface area contributed by atoms with Crippen LogP contribution in [0.15, 0.2) is 36.8 Å². The number of hydrogen-bond donors (Lipinski definition) is 2. The number of halogens is 1. The van der Waals surface area contributed by atoms with E-state index < -0.39 is 17.5 Å². The number of aromatic nitrogens is 2. The van der Waals surface area contributed by atoms with E-state index in [0.717, 1.165) is 5.56 Å². The number of carbonyl (C=O) groups is 1. The number of nitrogen functional groups attached to an aromatic ring is 1. The number of ether oxygens (including phenoxy) is 1. The number of nitrogens with one attached hydrogen (secondary N) is 1. The Morgan fingerprint density at radius 1 is 1.22 bits per heavy atom. The standard InChI is InChI=1S/C20H21FN4O2/c1-11-5-6-23-9-14(11)13-7-12-8-16(22)24-10-15(12)18(17(13)21)25-19(26)27-20(2,3)4/h5-10H,1-4H3,(H2,22,24)(H,25,26). The van der Waals surface area contributed by atoms with Crippen molar-refractivity contribution >= 4 is 28.4 Å². The van der Waals surface area contributed by atoms with Crippen molar-refractivity contribution in [2.24, 2.45) is 0 Å². The van der Waals surface area contributed by atoms with E-state index in [1.165, 1.54) is 6.20 Å². The molecule has 27 heavy (non-hydrogen) atoms. The molecule has 1 amide bonds. The summed E-state index contributed by atoms with van der Waals surface area (Å²) in [7, 11) is 0. The maximum Gasteiger partial charge on any atom is 0.412 e. The lowest BCUT2D eigenvalue weighted by atomic mass is 9.98. The molecule has 3 N–H and O–H groups in total. The van der Waals surface area contributed by atoms with E-state index in [1.54, 1.807) is 51.4 Å². The van der Waals surface area contributed by atoms with Gasteiger partial charge in [-0.2, -0.15) is 0 Å². The van der Waals surface area contributed by atoms with Crippen LogP contribution in [-0.4, -0.2) is 21.7 Å². The first kappa shape index (κ1) is 18.6. The molecule has 7 heteroatoms. The summed E-state index contributed by atoms with van der Waals surface area (Å²) in [4.78, 5) is 20.3. The minimum absolute atomic E-state index is 0.00694. The Labute approximate surface area is 156 Å². The molecule has 3 rings (SSSR count). The summed E-state index contributed by atoms with van der Waals surface area (Å²) in [5, 5.41) is 3.60. The van der Waals surface area contributed by atoms with E-state index in [4.69, 9.17) is 10.5 Å².